The number of halogens is 1. The monoisotopic (exact) mass is 281 g/mol. The van der Waals surface area contributed by atoms with E-state index in [4.69, 9.17) is 16.3 Å². The first-order valence-corrected chi connectivity index (χ1v) is 7.72. The van der Waals surface area contributed by atoms with Crippen LogP contribution in [0.5, 0.6) is 5.88 Å². The fourth-order valence-electron chi connectivity index (χ4n) is 3.22. The van der Waals surface area contributed by atoms with Gasteiger partial charge in [-0.3, -0.25) is 0 Å². The smallest absolute Gasteiger partial charge is 0.218 e. The Kier molecular flexibility index (Phi) is 4.72. The average molecular weight is 282 g/mol. The minimum Gasteiger partial charge on any atom is -0.474 e. The lowest BCUT2D eigenvalue weighted by atomic mass is 9.82. The van der Waals surface area contributed by atoms with Crippen molar-refractivity contribution in [1.82, 2.24) is 4.98 Å². The van der Waals surface area contributed by atoms with E-state index < -0.39 is 0 Å². The van der Waals surface area contributed by atoms with Gasteiger partial charge in [-0.25, -0.2) is 4.98 Å². The number of hydrogen-bond donors (Lipinski definition) is 0. The summed E-state index contributed by atoms with van der Waals surface area (Å²) in [5.41, 5.74) is 3.21. The van der Waals surface area contributed by atoms with Crippen molar-refractivity contribution in [3.63, 3.8) is 0 Å². The van der Waals surface area contributed by atoms with Crippen LogP contribution in [0, 0.1) is 25.7 Å². The zero-order valence-electron chi connectivity index (χ0n) is 12.4. The van der Waals surface area contributed by atoms with E-state index in [9.17, 15) is 0 Å². The fourth-order valence-corrected chi connectivity index (χ4v) is 3.54. The minimum atomic E-state index is 0.286. The van der Waals surface area contributed by atoms with E-state index >= 15 is 0 Å². The molecule has 1 fully saturated rings. The van der Waals surface area contributed by atoms with Gasteiger partial charge >= 0.3 is 0 Å². The first-order chi connectivity index (χ1) is 8.99. The molecular weight excluding hydrogens is 258 g/mol. The molecule has 1 aromatic heterocycles. The third-order valence-electron chi connectivity index (χ3n) is 3.98. The summed E-state index contributed by atoms with van der Waals surface area (Å²) in [7, 11) is 0. The van der Waals surface area contributed by atoms with Gasteiger partial charge in [-0.1, -0.05) is 13.8 Å². The zero-order chi connectivity index (χ0) is 14.0. The van der Waals surface area contributed by atoms with Crippen LogP contribution in [0.3, 0.4) is 0 Å². The zero-order valence-corrected chi connectivity index (χ0v) is 13.1. The second kappa shape index (κ2) is 6.13. The highest BCUT2D eigenvalue weighted by molar-refractivity contribution is 6.17. The second-order valence-electron chi connectivity index (χ2n) is 6.16. The van der Waals surface area contributed by atoms with Gasteiger partial charge in [0.15, 0.2) is 0 Å². The van der Waals surface area contributed by atoms with Crippen LogP contribution in [0.2, 0.25) is 0 Å². The lowest BCUT2D eigenvalue weighted by molar-refractivity contribution is 0.0957. The molecule has 1 heterocycles. The predicted molar refractivity (Wildman–Crippen MR) is 79.9 cm³/mol. The van der Waals surface area contributed by atoms with Crippen LogP contribution in [-0.2, 0) is 5.88 Å². The number of rotatable bonds is 3. The molecular formula is C16H24ClNO. The summed E-state index contributed by atoms with van der Waals surface area (Å²) >= 11 is 6.04. The first-order valence-electron chi connectivity index (χ1n) is 7.19. The van der Waals surface area contributed by atoms with E-state index in [0.717, 1.165) is 41.8 Å². The van der Waals surface area contributed by atoms with Crippen LogP contribution in [-0.4, -0.2) is 11.1 Å². The molecule has 0 spiro atoms. The molecule has 1 aliphatic rings. The number of aryl methyl sites for hydroxylation is 2. The normalized spacial score (nSPS) is 27.3. The fraction of sp³-hybridized carbons (Fsp3) is 0.688. The molecule has 0 bridgehead atoms. The average Bonchev–Trinajstić information content (AvgIpc) is 2.26. The van der Waals surface area contributed by atoms with Crippen molar-refractivity contribution in [2.45, 2.75) is 58.9 Å². The Balaban J connectivity index is 2.18. The quantitative estimate of drug-likeness (QED) is 0.753. The Hall–Kier alpha value is -0.760. The summed E-state index contributed by atoms with van der Waals surface area (Å²) in [4.78, 5) is 4.54. The predicted octanol–water partition coefficient (Wildman–Crippen LogP) is 4.64. The van der Waals surface area contributed by atoms with E-state index in [-0.39, 0.29) is 6.10 Å². The third-order valence-corrected chi connectivity index (χ3v) is 4.25. The van der Waals surface area contributed by atoms with Crippen LogP contribution in [0.1, 0.15) is 49.9 Å². The lowest BCUT2D eigenvalue weighted by Gasteiger charge is -2.32. The Morgan fingerprint density at radius 1 is 1.21 bits per heavy atom. The molecule has 0 aliphatic heterocycles. The van der Waals surface area contributed by atoms with Gasteiger partial charge in [-0.05, 0) is 56.6 Å². The summed E-state index contributed by atoms with van der Waals surface area (Å²) < 4.78 is 6.18. The third kappa shape index (κ3) is 3.62. The molecule has 1 aliphatic carbocycles. The highest BCUT2D eigenvalue weighted by atomic mass is 35.5. The van der Waals surface area contributed by atoms with Crippen LogP contribution in [0.15, 0.2) is 6.07 Å². The maximum Gasteiger partial charge on any atom is 0.218 e. The summed E-state index contributed by atoms with van der Waals surface area (Å²) in [6.07, 6.45) is 3.85. The first kappa shape index (κ1) is 14.6. The van der Waals surface area contributed by atoms with Crippen LogP contribution >= 0.6 is 11.6 Å². The highest BCUT2D eigenvalue weighted by Crippen LogP contribution is 2.32. The van der Waals surface area contributed by atoms with Gasteiger partial charge in [0.2, 0.25) is 5.88 Å². The molecule has 106 valence electrons. The number of nitrogens with zero attached hydrogens (tertiary/aromatic N) is 1. The van der Waals surface area contributed by atoms with E-state index in [1.807, 2.05) is 6.92 Å². The SMILES string of the molecule is Cc1cc(C)c(CCl)c(OC2CC(C)CC(C)C2)n1. The Labute approximate surface area is 121 Å². The number of aromatic nitrogens is 1. The molecule has 19 heavy (non-hydrogen) atoms. The summed E-state index contributed by atoms with van der Waals surface area (Å²) in [6.45, 7) is 8.70. The largest absolute Gasteiger partial charge is 0.474 e. The van der Waals surface area contributed by atoms with Crippen LogP contribution in [0.25, 0.3) is 0 Å². The van der Waals surface area contributed by atoms with Gasteiger partial charge in [-0.2, -0.15) is 0 Å². The van der Waals surface area contributed by atoms with Crippen molar-refractivity contribution in [3.8, 4) is 5.88 Å². The summed E-state index contributed by atoms with van der Waals surface area (Å²) in [6, 6.07) is 2.07. The van der Waals surface area contributed by atoms with Crippen molar-refractivity contribution in [1.29, 1.82) is 0 Å². The highest BCUT2D eigenvalue weighted by Gasteiger charge is 2.26. The van der Waals surface area contributed by atoms with Crippen molar-refractivity contribution in [2.75, 3.05) is 0 Å². The number of pyridine rings is 1. The summed E-state index contributed by atoms with van der Waals surface area (Å²) in [5, 5.41) is 0. The number of alkyl halides is 1. The van der Waals surface area contributed by atoms with Crippen molar-refractivity contribution in [2.24, 2.45) is 11.8 Å². The molecule has 0 N–H and O–H groups in total. The molecule has 0 amide bonds. The topological polar surface area (TPSA) is 22.1 Å². The minimum absolute atomic E-state index is 0.286. The Morgan fingerprint density at radius 2 is 1.84 bits per heavy atom. The maximum absolute atomic E-state index is 6.18. The molecule has 2 atom stereocenters. The molecule has 0 radical (unpaired) electrons. The maximum atomic E-state index is 6.18. The van der Waals surface area contributed by atoms with Crippen LogP contribution < -0.4 is 4.74 Å². The Morgan fingerprint density at radius 3 is 2.42 bits per heavy atom. The van der Waals surface area contributed by atoms with E-state index in [1.54, 1.807) is 0 Å². The molecule has 2 rings (SSSR count). The van der Waals surface area contributed by atoms with E-state index in [2.05, 4.69) is 31.8 Å². The van der Waals surface area contributed by atoms with Crippen molar-refractivity contribution in [3.05, 3.63) is 22.9 Å². The van der Waals surface area contributed by atoms with Crippen LogP contribution in [0.4, 0.5) is 0 Å². The van der Waals surface area contributed by atoms with Gasteiger partial charge in [-0.15, -0.1) is 11.6 Å². The van der Waals surface area contributed by atoms with E-state index in [0.29, 0.717) is 5.88 Å². The van der Waals surface area contributed by atoms with Crippen molar-refractivity contribution < 1.29 is 4.74 Å². The summed E-state index contributed by atoms with van der Waals surface area (Å²) in [5.74, 6) is 2.68. The van der Waals surface area contributed by atoms with Gasteiger partial charge < -0.3 is 4.74 Å². The molecule has 3 heteroatoms. The molecule has 2 nitrogen and oxygen atoms in total. The molecule has 0 aromatic carbocycles. The standard InChI is InChI=1S/C16H24ClNO/c1-10-5-11(2)7-14(6-10)19-16-15(9-17)12(3)8-13(4)18-16/h8,10-11,14H,5-7,9H2,1-4H3. The van der Waals surface area contributed by atoms with E-state index in [1.165, 1.54) is 12.0 Å². The van der Waals surface area contributed by atoms with Crippen molar-refractivity contribution >= 4 is 11.6 Å². The number of ether oxygens (including phenoxy) is 1. The lowest BCUT2D eigenvalue weighted by Crippen LogP contribution is -2.29. The van der Waals surface area contributed by atoms with Gasteiger partial charge in [0.05, 0.1) is 5.88 Å². The second-order valence-corrected chi connectivity index (χ2v) is 6.42. The number of hydrogen-bond acceptors (Lipinski definition) is 2. The van der Waals surface area contributed by atoms with Gasteiger partial charge in [0.25, 0.3) is 0 Å². The molecule has 2 unspecified atom stereocenters. The molecule has 1 aromatic rings. The Bertz CT molecular complexity index is 437. The van der Waals surface area contributed by atoms with Gasteiger partial charge in [0, 0.05) is 11.3 Å². The molecule has 1 saturated carbocycles. The molecule has 0 saturated heterocycles. The van der Waals surface area contributed by atoms with Gasteiger partial charge in [0.1, 0.15) is 6.10 Å².